The Balaban J connectivity index is 1.83. The maximum Gasteiger partial charge on any atom is 0.362 e. The summed E-state index contributed by atoms with van der Waals surface area (Å²) in [7, 11) is 0. The Hall–Kier alpha value is -4.08. The van der Waals surface area contributed by atoms with E-state index in [0.717, 1.165) is 22.9 Å². The van der Waals surface area contributed by atoms with Crippen LogP contribution >= 0.6 is 0 Å². The molecular formula is C21H17F2N3O5. The van der Waals surface area contributed by atoms with Gasteiger partial charge in [-0.3, -0.25) is 9.59 Å². The number of para-hydroxylation sites is 1. The number of carbonyl (C=O) groups is 2. The summed E-state index contributed by atoms with van der Waals surface area (Å²) < 4.78 is 37.5. The molecule has 10 heteroatoms. The highest BCUT2D eigenvalue weighted by molar-refractivity contribution is 5.93. The zero-order valence-electron chi connectivity index (χ0n) is 16.3. The minimum atomic E-state index is -1.13. The van der Waals surface area contributed by atoms with Gasteiger partial charge in [-0.25, -0.2) is 13.6 Å². The lowest BCUT2D eigenvalue weighted by atomic mass is 10.3. The van der Waals surface area contributed by atoms with Crippen LogP contribution in [0.1, 0.15) is 17.4 Å². The predicted octanol–water partition coefficient (Wildman–Crippen LogP) is 2.70. The average Bonchev–Trinajstić information content (AvgIpc) is 2.75. The van der Waals surface area contributed by atoms with Crippen LogP contribution < -0.4 is 15.6 Å². The molecule has 1 heterocycles. The van der Waals surface area contributed by atoms with E-state index in [9.17, 15) is 23.2 Å². The van der Waals surface area contributed by atoms with E-state index in [2.05, 4.69) is 10.4 Å². The molecule has 0 aliphatic rings. The van der Waals surface area contributed by atoms with Gasteiger partial charge in [0.05, 0.1) is 18.4 Å². The Morgan fingerprint density at radius 1 is 1.06 bits per heavy atom. The number of amides is 1. The van der Waals surface area contributed by atoms with E-state index in [1.54, 1.807) is 37.3 Å². The molecule has 160 valence electrons. The van der Waals surface area contributed by atoms with Gasteiger partial charge in [0, 0.05) is 11.8 Å². The van der Waals surface area contributed by atoms with Crippen LogP contribution in [0.25, 0.3) is 5.69 Å². The summed E-state index contributed by atoms with van der Waals surface area (Å²) in [6, 6.07) is 12.2. The number of nitrogens with one attached hydrogen (secondary N) is 1. The van der Waals surface area contributed by atoms with E-state index in [-0.39, 0.29) is 23.7 Å². The molecule has 1 N–H and O–H groups in total. The lowest BCUT2D eigenvalue weighted by Crippen LogP contribution is -2.27. The molecule has 1 amide bonds. The zero-order chi connectivity index (χ0) is 22.4. The average molecular weight is 429 g/mol. The number of anilines is 1. The van der Waals surface area contributed by atoms with Gasteiger partial charge < -0.3 is 14.8 Å². The number of ether oxygens (including phenoxy) is 2. The first-order valence-electron chi connectivity index (χ1n) is 9.13. The van der Waals surface area contributed by atoms with Gasteiger partial charge in [-0.15, -0.1) is 0 Å². The van der Waals surface area contributed by atoms with Crippen LogP contribution in [0.3, 0.4) is 0 Å². The van der Waals surface area contributed by atoms with E-state index in [1.165, 1.54) is 6.07 Å². The van der Waals surface area contributed by atoms with Crippen molar-refractivity contribution in [3.05, 3.63) is 82.3 Å². The van der Waals surface area contributed by atoms with Gasteiger partial charge in [0.1, 0.15) is 0 Å². The predicted molar refractivity (Wildman–Crippen MR) is 106 cm³/mol. The monoisotopic (exact) mass is 429 g/mol. The minimum absolute atomic E-state index is 0.00994. The molecule has 0 spiro atoms. The van der Waals surface area contributed by atoms with Gasteiger partial charge in [0.15, 0.2) is 24.0 Å². The van der Waals surface area contributed by atoms with Crippen LogP contribution in [0.5, 0.6) is 5.75 Å². The summed E-state index contributed by atoms with van der Waals surface area (Å²) in [5, 5.41) is 6.34. The lowest BCUT2D eigenvalue weighted by molar-refractivity contribution is -0.118. The quantitative estimate of drug-likeness (QED) is 0.580. The Morgan fingerprint density at radius 2 is 1.81 bits per heavy atom. The number of esters is 1. The van der Waals surface area contributed by atoms with Crippen molar-refractivity contribution in [2.75, 3.05) is 18.5 Å². The van der Waals surface area contributed by atoms with Gasteiger partial charge >= 0.3 is 5.97 Å². The van der Waals surface area contributed by atoms with Crippen molar-refractivity contribution in [1.82, 2.24) is 9.78 Å². The fourth-order valence-corrected chi connectivity index (χ4v) is 2.56. The number of hydrogen-bond acceptors (Lipinski definition) is 6. The molecule has 8 nitrogen and oxygen atoms in total. The molecule has 31 heavy (non-hydrogen) atoms. The number of rotatable bonds is 7. The highest BCUT2D eigenvalue weighted by Gasteiger charge is 2.20. The fourth-order valence-electron chi connectivity index (χ4n) is 2.56. The van der Waals surface area contributed by atoms with Crippen molar-refractivity contribution < 1.29 is 27.8 Å². The van der Waals surface area contributed by atoms with Crippen molar-refractivity contribution in [3.8, 4) is 11.4 Å². The fraction of sp³-hybridized carbons (Fsp3) is 0.143. The highest BCUT2D eigenvalue weighted by atomic mass is 19.2. The van der Waals surface area contributed by atoms with Gasteiger partial charge in [0.2, 0.25) is 5.69 Å². The molecular weight excluding hydrogens is 412 g/mol. The molecule has 0 bridgehead atoms. The maximum atomic E-state index is 13.3. The lowest BCUT2D eigenvalue weighted by Gasteiger charge is -2.12. The number of aromatic nitrogens is 2. The summed E-state index contributed by atoms with van der Waals surface area (Å²) in [5.41, 5.74) is -0.474. The van der Waals surface area contributed by atoms with E-state index in [1.807, 2.05) is 0 Å². The SMILES string of the molecule is CCOC(=O)c1nn(-c2ccccc2)c(=O)cc1OCC(=O)Nc1ccc(F)c(F)c1. The second-order valence-electron chi connectivity index (χ2n) is 6.13. The molecule has 0 atom stereocenters. The van der Waals surface area contributed by atoms with E-state index in [4.69, 9.17) is 9.47 Å². The van der Waals surface area contributed by atoms with Crippen LogP contribution in [-0.2, 0) is 9.53 Å². The first kappa shape index (κ1) is 21.6. The van der Waals surface area contributed by atoms with Gasteiger partial charge in [-0.2, -0.15) is 9.78 Å². The van der Waals surface area contributed by atoms with E-state index in [0.29, 0.717) is 5.69 Å². The summed E-state index contributed by atoms with van der Waals surface area (Å²) in [5.74, 6) is -4.01. The smallest absolute Gasteiger partial charge is 0.362 e. The second kappa shape index (κ2) is 9.61. The summed E-state index contributed by atoms with van der Waals surface area (Å²) in [4.78, 5) is 36.9. The van der Waals surface area contributed by atoms with Crippen LogP contribution in [0, 0.1) is 11.6 Å². The molecule has 0 saturated carbocycles. The van der Waals surface area contributed by atoms with Crippen molar-refractivity contribution in [2.45, 2.75) is 6.92 Å². The summed E-state index contributed by atoms with van der Waals surface area (Å²) in [6.45, 7) is 1.03. The number of carbonyl (C=O) groups excluding carboxylic acids is 2. The van der Waals surface area contributed by atoms with Crippen LogP contribution in [-0.4, -0.2) is 34.9 Å². The molecule has 3 rings (SSSR count). The topological polar surface area (TPSA) is 99.5 Å². The summed E-state index contributed by atoms with van der Waals surface area (Å²) in [6.07, 6.45) is 0. The molecule has 3 aromatic rings. The Morgan fingerprint density at radius 3 is 2.48 bits per heavy atom. The van der Waals surface area contributed by atoms with Crippen molar-refractivity contribution in [3.63, 3.8) is 0 Å². The third-order valence-corrected chi connectivity index (χ3v) is 3.93. The van der Waals surface area contributed by atoms with Gasteiger partial charge in [-0.1, -0.05) is 18.2 Å². The first-order valence-corrected chi connectivity index (χ1v) is 9.13. The largest absolute Gasteiger partial charge is 0.481 e. The molecule has 0 aliphatic heterocycles. The number of benzene rings is 2. The van der Waals surface area contributed by atoms with Crippen LogP contribution in [0.2, 0.25) is 0 Å². The van der Waals surface area contributed by atoms with Gasteiger partial charge in [-0.05, 0) is 31.2 Å². The van der Waals surface area contributed by atoms with E-state index < -0.39 is 35.7 Å². The Kier molecular flexibility index (Phi) is 6.71. The summed E-state index contributed by atoms with van der Waals surface area (Å²) >= 11 is 0. The molecule has 0 unspecified atom stereocenters. The maximum absolute atomic E-state index is 13.3. The Bertz CT molecular complexity index is 1170. The normalized spacial score (nSPS) is 10.4. The standard InChI is InChI=1S/C21H17F2N3O5/c1-2-30-21(29)20-17(11-19(28)26(25-20)14-6-4-3-5-7-14)31-12-18(27)24-13-8-9-15(22)16(23)10-13/h3-11H,2,12H2,1H3,(H,24,27). The number of halogens is 2. The van der Waals surface area contributed by atoms with Crippen LogP contribution in [0.4, 0.5) is 14.5 Å². The molecule has 0 aliphatic carbocycles. The van der Waals surface area contributed by atoms with Crippen molar-refractivity contribution in [1.29, 1.82) is 0 Å². The number of nitrogens with zero attached hydrogens (tertiary/aromatic N) is 2. The third kappa shape index (κ3) is 5.30. The Labute approximate surface area is 175 Å². The van der Waals surface area contributed by atoms with Crippen molar-refractivity contribution >= 4 is 17.6 Å². The molecule has 0 saturated heterocycles. The third-order valence-electron chi connectivity index (χ3n) is 3.93. The molecule has 0 fully saturated rings. The zero-order valence-corrected chi connectivity index (χ0v) is 16.3. The second-order valence-corrected chi connectivity index (χ2v) is 6.13. The highest BCUT2D eigenvalue weighted by Crippen LogP contribution is 2.17. The molecule has 1 aromatic heterocycles. The first-order chi connectivity index (χ1) is 14.9. The van der Waals surface area contributed by atoms with Crippen LogP contribution in [0.15, 0.2) is 59.4 Å². The molecule has 0 radical (unpaired) electrons. The molecule has 2 aromatic carbocycles. The van der Waals surface area contributed by atoms with Gasteiger partial charge in [0.25, 0.3) is 11.5 Å². The minimum Gasteiger partial charge on any atom is -0.481 e. The van der Waals surface area contributed by atoms with E-state index >= 15 is 0 Å². The van der Waals surface area contributed by atoms with Crippen molar-refractivity contribution in [2.24, 2.45) is 0 Å². The number of hydrogen-bond donors (Lipinski definition) is 1.